The van der Waals surface area contributed by atoms with Crippen molar-refractivity contribution in [2.45, 2.75) is 19.8 Å². The molecule has 0 aliphatic heterocycles. The van der Waals surface area contributed by atoms with Gasteiger partial charge < -0.3 is 9.63 Å². The summed E-state index contributed by atoms with van der Waals surface area (Å²) in [4.78, 5) is 10.7. The third kappa shape index (κ3) is 1.50. The Morgan fingerprint density at radius 2 is 2.25 bits per heavy atom. The number of aromatic carboxylic acids is 1. The van der Waals surface area contributed by atoms with Gasteiger partial charge in [-0.25, -0.2) is 4.79 Å². The van der Waals surface area contributed by atoms with E-state index in [1.165, 1.54) is 0 Å². The van der Waals surface area contributed by atoms with Crippen LogP contribution in [0.3, 0.4) is 0 Å². The van der Waals surface area contributed by atoms with Gasteiger partial charge in [-0.1, -0.05) is 19.0 Å². The third-order valence-electron chi connectivity index (χ3n) is 1.44. The lowest BCUT2D eigenvalue weighted by atomic mass is 10.1. The van der Waals surface area contributed by atoms with E-state index in [9.17, 15) is 4.79 Å². The summed E-state index contributed by atoms with van der Waals surface area (Å²) >= 11 is 2.98. The number of carboxylic acids is 1. The van der Waals surface area contributed by atoms with Crippen molar-refractivity contribution in [1.82, 2.24) is 5.16 Å². The fraction of sp³-hybridized carbons (Fsp3) is 0.429. The number of hydrogen-bond acceptors (Lipinski definition) is 3. The maximum absolute atomic E-state index is 10.7. The predicted molar refractivity (Wildman–Crippen MR) is 45.3 cm³/mol. The first kappa shape index (κ1) is 9.25. The molecule has 1 N–H and O–H groups in total. The third-order valence-corrected chi connectivity index (χ3v) is 1.98. The monoisotopic (exact) mass is 233 g/mol. The van der Waals surface area contributed by atoms with Crippen molar-refractivity contribution in [3.8, 4) is 0 Å². The van der Waals surface area contributed by atoms with E-state index >= 15 is 0 Å². The summed E-state index contributed by atoms with van der Waals surface area (Å²) in [6.07, 6.45) is 0. The van der Waals surface area contributed by atoms with Crippen molar-refractivity contribution in [2.24, 2.45) is 0 Å². The first-order chi connectivity index (χ1) is 5.54. The number of halogens is 1. The van der Waals surface area contributed by atoms with Gasteiger partial charge in [-0.3, -0.25) is 0 Å². The Bertz CT molecular complexity index is 306. The summed E-state index contributed by atoms with van der Waals surface area (Å²) < 4.78 is 4.88. The van der Waals surface area contributed by atoms with Gasteiger partial charge in [0.2, 0.25) is 4.67 Å². The van der Waals surface area contributed by atoms with Gasteiger partial charge in [-0.2, -0.15) is 0 Å². The van der Waals surface area contributed by atoms with Crippen LogP contribution in [0.1, 0.15) is 35.8 Å². The molecular formula is C7H8BrNO3. The van der Waals surface area contributed by atoms with Crippen molar-refractivity contribution < 1.29 is 14.4 Å². The molecule has 4 nitrogen and oxygen atoms in total. The zero-order valence-corrected chi connectivity index (χ0v) is 8.25. The highest BCUT2D eigenvalue weighted by atomic mass is 79.9. The van der Waals surface area contributed by atoms with Crippen LogP contribution in [0.5, 0.6) is 0 Å². The summed E-state index contributed by atoms with van der Waals surface area (Å²) in [5.74, 6) is -0.974. The van der Waals surface area contributed by atoms with Gasteiger partial charge in [-0.05, 0) is 21.8 Å². The molecule has 1 rings (SSSR count). The van der Waals surface area contributed by atoms with Crippen LogP contribution < -0.4 is 0 Å². The highest BCUT2D eigenvalue weighted by Crippen LogP contribution is 2.25. The fourth-order valence-corrected chi connectivity index (χ4v) is 1.31. The first-order valence-electron chi connectivity index (χ1n) is 3.42. The Morgan fingerprint density at radius 3 is 2.58 bits per heavy atom. The van der Waals surface area contributed by atoms with Gasteiger partial charge in [0.15, 0.2) is 0 Å². The molecular weight excluding hydrogens is 226 g/mol. The molecule has 0 radical (unpaired) electrons. The lowest BCUT2D eigenvalue weighted by Crippen LogP contribution is -2.02. The van der Waals surface area contributed by atoms with E-state index in [-0.39, 0.29) is 16.2 Å². The molecule has 0 saturated heterocycles. The maximum Gasteiger partial charge on any atom is 0.342 e. The van der Waals surface area contributed by atoms with Gasteiger partial charge in [0, 0.05) is 0 Å². The van der Waals surface area contributed by atoms with Crippen molar-refractivity contribution in [1.29, 1.82) is 0 Å². The average Bonchev–Trinajstić information content (AvgIpc) is 2.30. The van der Waals surface area contributed by atoms with Crippen LogP contribution in [0, 0.1) is 0 Å². The van der Waals surface area contributed by atoms with Crippen LogP contribution in [-0.4, -0.2) is 16.2 Å². The summed E-state index contributed by atoms with van der Waals surface area (Å²) in [6, 6.07) is 0. The van der Waals surface area contributed by atoms with Crippen LogP contribution in [-0.2, 0) is 0 Å². The Kier molecular flexibility index (Phi) is 2.52. The van der Waals surface area contributed by atoms with Gasteiger partial charge in [0.25, 0.3) is 0 Å². The molecule has 0 aliphatic rings. The molecule has 0 aromatic carbocycles. The molecule has 0 unspecified atom stereocenters. The minimum atomic E-state index is -1.02. The van der Waals surface area contributed by atoms with Crippen molar-refractivity contribution in [3.05, 3.63) is 15.9 Å². The topological polar surface area (TPSA) is 63.3 Å². The van der Waals surface area contributed by atoms with Crippen molar-refractivity contribution >= 4 is 21.9 Å². The van der Waals surface area contributed by atoms with Crippen LogP contribution in [0.4, 0.5) is 0 Å². The molecule has 1 aromatic rings. The summed E-state index contributed by atoms with van der Waals surface area (Å²) in [7, 11) is 0. The normalized spacial score (nSPS) is 10.7. The average molecular weight is 234 g/mol. The zero-order valence-electron chi connectivity index (χ0n) is 6.67. The second-order valence-corrected chi connectivity index (χ2v) is 3.40. The number of carbonyl (C=O) groups is 1. The summed E-state index contributed by atoms with van der Waals surface area (Å²) in [5, 5.41) is 12.4. The molecule has 0 bridgehead atoms. The lowest BCUT2D eigenvalue weighted by molar-refractivity contribution is 0.0693. The number of rotatable bonds is 2. The fourth-order valence-electron chi connectivity index (χ4n) is 0.869. The minimum absolute atomic E-state index is 0.0474. The molecule has 5 heteroatoms. The predicted octanol–water partition coefficient (Wildman–Crippen LogP) is 2.26. The Hall–Kier alpha value is -0.840. The number of nitrogens with zero attached hydrogens (tertiary/aromatic N) is 1. The Morgan fingerprint density at radius 1 is 1.67 bits per heavy atom. The van der Waals surface area contributed by atoms with Crippen LogP contribution in [0.25, 0.3) is 0 Å². The molecule has 0 atom stereocenters. The summed E-state index contributed by atoms with van der Waals surface area (Å²) in [5.41, 5.74) is 0.583. The zero-order chi connectivity index (χ0) is 9.30. The standard InChI is InChI=1S/C7H8BrNO3/c1-3(2)5-4(7(10)11)6(8)12-9-5/h3H,1-2H3,(H,10,11). The van der Waals surface area contributed by atoms with E-state index in [2.05, 4.69) is 21.1 Å². The second kappa shape index (κ2) is 3.26. The van der Waals surface area contributed by atoms with Crippen molar-refractivity contribution in [2.75, 3.05) is 0 Å². The molecule has 1 heterocycles. The number of hydrogen-bond donors (Lipinski definition) is 1. The lowest BCUT2D eigenvalue weighted by Gasteiger charge is -1.98. The van der Waals surface area contributed by atoms with E-state index in [4.69, 9.17) is 9.63 Å². The van der Waals surface area contributed by atoms with Crippen LogP contribution in [0.15, 0.2) is 9.19 Å². The highest BCUT2D eigenvalue weighted by molar-refractivity contribution is 9.10. The summed E-state index contributed by atoms with van der Waals surface area (Å²) in [6.45, 7) is 3.72. The quantitative estimate of drug-likeness (QED) is 0.852. The molecule has 0 saturated carbocycles. The van der Waals surface area contributed by atoms with Gasteiger partial charge in [-0.15, -0.1) is 0 Å². The smallest absolute Gasteiger partial charge is 0.342 e. The minimum Gasteiger partial charge on any atom is -0.477 e. The SMILES string of the molecule is CC(C)c1noc(Br)c1C(=O)O. The molecule has 0 spiro atoms. The second-order valence-electron chi connectivity index (χ2n) is 2.68. The Labute approximate surface area is 77.7 Å². The molecule has 0 aliphatic carbocycles. The van der Waals surface area contributed by atoms with Gasteiger partial charge in [0.1, 0.15) is 11.3 Å². The van der Waals surface area contributed by atoms with E-state index in [0.717, 1.165) is 0 Å². The first-order valence-corrected chi connectivity index (χ1v) is 4.21. The molecule has 0 fully saturated rings. The number of aromatic nitrogens is 1. The molecule has 0 amide bonds. The van der Waals surface area contributed by atoms with Crippen molar-refractivity contribution in [3.63, 3.8) is 0 Å². The number of carboxylic acid groups (broad SMARTS) is 1. The van der Waals surface area contributed by atoms with Crippen LogP contribution in [0.2, 0.25) is 0 Å². The molecule has 12 heavy (non-hydrogen) atoms. The van der Waals surface area contributed by atoms with Crippen LogP contribution >= 0.6 is 15.9 Å². The molecule has 66 valence electrons. The van der Waals surface area contributed by atoms with E-state index in [1.807, 2.05) is 13.8 Å². The van der Waals surface area contributed by atoms with E-state index in [0.29, 0.717) is 5.69 Å². The van der Waals surface area contributed by atoms with E-state index < -0.39 is 5.97 Å². The highest BCUT2D eigenvalue weighted by Gasteiger charge is 2.22. The largest absolute Gasteiger partial charge is 0.477 e. The maximum atomic E-state index is 10.7. The Balaban J connectivity index is 3.21. The van der Waals surface area contributed by atoms with Gasteiger partial charge in [0.05, 0.1) is 0 Å². The van der Waals surface area contributed by atoms with Gasteiger partial charge >= 0.3 is 5.97 Å². The van der Waals surface area contributed by atoms with E-state index in [1.54, 1.807) is 0 Å². The molecule has 1 aromatic heterocycles.